The molecule has 3 atom stereocenters. The Morgan fingerprint density at radius 3 is 1.23 bits per heavy atom. The van der Waals surface area contributed by atoms with Crippen LogP contribution in [-0.4, -0.2) is 73.4 Å². The zero-order valence-corrected chi connectivity index (χ0v) is 49.6. The Morgan fingerprint density at radius 2 is 0.813 bits per heavy atom. The van der Waals surface area contributed by atoms with E-state index in [0.29, 0.717) is 17.4 Å². The van der Waals surface area contributed by atoms with Crippen molar-refractivity contribution in [2.45, 2.75) is 238 Å². The number of quaternary nitrogens is 1. The molecule has 0 aromatic heterocycles. The maximum absolute atomic E-state index is 12.9. The molecule has 0 rings (SSSR count). The number of carbonyl (C=O) groups excluding carboxylic acids is 1. The number of nitrogens with one attached hydrogen (secondary N) is 1. The van der Waals surface area contributed by atoms with Gasteiger partial charge in [-0.2, -0.15) is 0 Å². The van der Waals surface area contributed by atoms with Gasteiger partial charge in [0.2, 0.25) is 5.91 Å². The quantitative estimate of drug-likeness (QED) is 0.0243. The molecule has 0 spiro atoms. The molecular weight excluding hydrogens is 948 g/mol. The lowest BCUT2D eigenvalue weighted by Crippen LogP contribution is -2.45. The molecule has 0 saturated heterocycles. The first-order chi connectivity index (χ1) is 36.5. The standard InChI is InChI=1S/C66H113N2O6P/c1-6-8-10-12-14-16-18-20-21-22-23-24-25-26-27-28-29-30-31-32-33-34-35-36-37-38-39-40-41-42-43-44-45-46-47-48-50-52-54-56-58-60-66(70)67-64(63-74-75(71,72)73-62-61-68(3,4)5)65(69)59-57-55-53-51-49-19-17-15-13-11-9-7-2/h8,10,13-16,20-21,23-24,26-27,29-30,32-33,35-36,49,51,57,59,64-65,69H,6-7,9,11-12,17-19,22,25,28,31,34,37-48,50,52-56,58,60-63H2,1-5H3,(H-,67,70,71,72)/p+1/b10-8-,15-13+,16-14-,21-20-,24-23-,27-26-,30-29-,33-32-,36-35-,51-49+,59-57+. The van der Waals surface area contributed by atoms with Crippen molar-refractivity contribution in [1.29, 1.82) is 0 Å². The number of unbranched alkanes of at least 4 members (excludes halogenated alkanes) is 20. The molecule has 8 nitrogen and oxygen atoms in total. The average Bonchev–Trinajstić information content (AvgIpc) is 3.37. The van der Waals surface area contributed by atoms with Crippen molar-refractivity contribution in [3.63, 3.8) is 0 Å². The fourth-order valence-electron chi connectivity index (χ4n) is 7.90. The van der Waals surface area contributed by atoms with Gasteiger partial charge in [-0.15, -0.1) is 0 Å². The van der Waals surface area contributed by atoms with Gasteiger partial charge in [0.05, 0.1) is 39.9 Å². The van der Waals surface area contributed by atoms with Gasteiger partial charge in [-0.05, 0) is 103 Å². The van der Waals surface area contributed by atoms with E-state index in [1.165, 1.54) is 103 Å². The second-order valence-corrected chi connectivity index (χ2v) is 22.4. The number of amides is 1. The summed E-state index contributed by atoms with van der Waals surface area (Å²) in [5, 5.41) is 13.8. The Bertz CT molecular complexity index is 1680. The van der Waals surface area contributed by atoms with Crippen molar-refractivity contribution in [2.24, 2.45) is 0 Å². The van der Waals surface area contributed by atoms with Crippen LogP contribution in [0, 0.1) is 0 Å². The molecule has 9 heteroatoms. The van der Waals surface area contributed by atoms with E-state index in [-0.39, 0.29) is 19.1 Å². The van der Waals surface area contributed by atoms with Crippen LogP contribution in [0.1, 0.15) is 226 Å². The van der Waals surface area contributed by atoms with Gasteiger partial charge in [0, 0.05) is 6.42 Å². The minimum atomic E-state index is -4.36. The number of rotatable bonds is 53. The molecule has 0 aliphatic carbocycles. The molecular formula is C66H114N2O6P+. The summed E-state index contributed by atoms with van der Waals surface area (Å²) in [7, 11) is 1.53. The van der Waals surface area contributed by atoms with Crippen LogP contribution in [0.4, 0.5) is 0 Å². The summed E-state index contributed by atoms with van der Waals surface area (Å²) in [6.45, 7) is 4.60. The highest BCUT2D eigenvalue weighted by atomic mass is 31.2. The molecule has 0 aromatic rings. The zero-order chi connectivity index (χ0) is 54.9. The molecule has 3 N–H and O–H groups in total. The van der Waals surface area contributed by atoms with Crippen LogP contribution < -0.4 is 5.32 Å². The second kappa shape index (κ2) is 55.4. The van der Waals surface area contributed by atoms with Gasteiger partial charge in [-0.1, -0.05) is 250 Å². The smallest absolute Gasteiger partial charge is 0.387 e. The van der Waals surface area contributed by atoms with Crippen LogP contribution in [0.5, 0.6) is 0 Å². The molecule has 428 valence electrons. The predicted molar refractivity (Wildman–Crippen MR) is 327 cm³/mol. The first-order valence-electron chi connectivity index (χ1n) is 30.1. The van der Waals surface area contributed by atoms with Crippen molar-refractivity contribution < 1.29 is 32.9 Å². The Labute approximate surface area is 462 Å². The maximum atomic E-state index is 12.9. The van der Waals surface area contributed by atoms with Crippen LogP contribution in [0.3, 0.4) is 0 Å². The number of aliphatic hydroxyl groups is 1. The van der Waals surface area contributed by atoms with Gasteiger partial charge < -0.3 is 19.8 Å². The lowest BCUT2D eigenvalue weighted by atomic mass is 10.0. The molecule has 0 heterocycles. The monoisotopic (exact) mass is 1060 g/mol. The molecule has 0 aliphatic rings. The lowest BCUT2D eigenvalue weighted by Gasteiger charge is -2.25. The van der Waals surface area contributed by atoms with Crippen molar-refractivity contribution in [3.8, 4) is 0 Å². The topological polar surface area (TPSA) is 105 Å². The number of phosphoric ester groups is 1. The Hall–Kier alpha value is -3.36. The first kappa shape index (κ1) is 71.6. The number of phosphoric acid groups is 1. The van der Waals surface area contributed by atoms with Crippen LogP contribution in [0.2, 0.25) is 0 Å². The summed E-state index contributed by atoms with van der Waals surface area (Å²) in [5.41, 5.74) is 0. The van der Waals surface area contributed by atoms with E-state index in [1.54, 1.807) is 6.08 Å². The lowest BCUT2D eigenvalue weighted by molar-refractivity contribution is -0.870. The molecule has 0 radical (unpaired) electrons. The van der Waals surface area contributed by atoms with Gasteiger partial charge in [0.1, 0.15) is 13.2 Å². The van der Waals surface area contributed by atoms with Gasteiger partial charge in [-0.25, -0.2) is 4.57 Å². The van der Waals surface area contributed by atoms with Crippen molar-refractivity contribution >= 4 is 13.7 Å². The number of hydrogen-bond acceptors (Lipinski definition) is 5. The molecule has 0 fully saturated rings. The van der Waals surface area contributed by atoms with Crippen LogP contribution in [0.15, 0.2) is 134 Å². The third-order valence-electron chi connectivity index (χ3n) is 12.6. The fourth-order valence-corrected chi connectivity index (χ4v) is 8.63. The van der Waals surface area contributed by atoms with Gasteiger partial charge in [0.15, 0.2) is 0 Å². The van der Waals surface area contributed by atoms with E-state index in [4.69, 9.17) is 9.05 Å². The maximum Gasteiger partial charge on any atom is 0.472 e. The number of likely N-dealkylation sites (N-methyl/N-ethyl adjacent to an activating group) is 1. The number of allylic oxidation sites excluding steroid dienone is 21. The van der Waals surface area contributed by atoms with Gasteiger partial charge in [-0.3, -0.25) is 13.8 Å². The van der Waals surface area contributed by atoms with Gasteiger partial charge >= 0.3 is 7.82 Å². The molecule has 3 unspecified atom stereocenters. The molecule has 0 aromatic carbocycles. The SMILES string of the molecule is CC/C=C\C/C=C\C/C=C\C/C=C\C/C=C\C/C=C\C/C=C\C/C=C\CCCCCCCCCCCCCCCCCCC(=O)NC(COP(=O)(O)OCC[N+](C)(C)C)C(O)/C=C/CC/C=C/CC/C=C/CCCC. The summed E-state index contributed by atoms with van der Waals surface area (Å²) in [6, 6.07) is -0.875. The Kier molecular flexibility index (Phi) is 52.9. The van der Waals surface area contributed by atoms with E-state index in [9.17, 15) is 19.4 Å². The Balaban J connectivity index is 3.99. The summed E-state index contributed by atoms with van der Waals surface area (Å²) < 4.78 is 23.6. The highest BCUT2D eigenvalue weighted by molar-refractivity contribution is 7.47. The van der Waals surface area contributed by atoms with E-state index < -0.39 is 20.0 Å². The molecule has 0 bridgehead atoms. The van der Waals surface area contributed by atoms with E-state index in [0.717, 1.165) is 103 Å². The Morgan fingerprint density at radius 1 is 0.467 bits per heavy atom. The number of aliphatic hydroxyl groups excluding tert-OH is 1. The van der Waals surface area contributed by atoms with E-state index in [1.807, 2.05) is 27.2 Å². The van der Waals surface area contributed by atoms with E-state index in [2.05, 4.69) is 141 Å². The summed E-state index contributed by atoms with van der Waals surface area (Å²) >= 11 is 0. The molecule has 0 saturated carbocycles. The summed E-state index contributed by atoms with van der Waals surface area (Å²) in [4.78, 5) is 23.2. The van der Waals surface area contributed by atoms with Gasteiger partial charge in [0.25, 0.3) is 0 Å². The van der Waals surface area contributed by atoms with Crippen LogP contribution >= 0.6 is 7.82 Å². The highest BCUT2D eigenvalue weighted by Crippen LogP contribution is 2.43. The van der Waals surface area contributed by atoms with Crippen molar-refractivity contribution in [3.05, 3.63) is 134 Å². The minimum Gasteiger partial charge on any atom is -0.387 e. The molecule has 75 heavy (non-hydrogen) atoms. The number of carbonyl (C=O) groups is 1. The largest absolute Gasteiger partial charge is 0.472 e. The number of nitrogens with zero attached hydrogens (tertiary/aromatic N) is 1. The third kappa shape index (κ3) is 58.2. The van der Waals surface area contributed by atoms with Crippen LogP contribution in [-0.2, 0) is 18.4 Å². The van der Waals surface area contributed by atoms with Crippen LogP contribution in [0.25, 0.3) is 0 Å². The minimum absolute atomic E-state index is 0.0486. The second-order valence-electron chi connectivity index (χ2n) is 21.0. The first-order valence-corrected chi connectivity index (χ1v) is 31.6. The molecule has 0 aliphatic heterocycles. The third-order valence-corrected chi connectivity index (χ3v) is 13.6. The summed E-state index contributed by atoms with van der Waals surface area (Å²) in [6.07, 6.45) is 84.4. The number of hydrogen-bond donors (Lipinski definition) is 3. The fraction of sp³-hybridized carbons (Fsp3) is 0.652. The van der Waals surface area contributed by atoms with Crippen molar-refractivity contribution in [1.82, 2.24) is 5.32 Å². The highest BCUT2D eigenvalue weighted by Gasteiger charge is 2.27. The summed E-state index contributed by atoms with van der Waals surface area (Å²) in [5.74, 6) is -0.197. The normalized spacial score (nSPS) is 14.8. The predicted octanol–water partition coefficient (Wildman–Crippen LogP) is 18.7. The molecule has 1 amide bonds. The average molecular weight is 1060 g/mol. The van der Waals surface area contributed by atoms with E-state index >= 15 is 0 Å². The zero-order valence-electron chi connectivity index (χ0n) is 48.7. The van der Waals surface area contributed by atoms with Crippen molar-refractivity contribution in [2.75, 3.05) is 40.9 Å².